The Morgan fingerprint density at radius 3 is 2.57 bits per heavy atom. The van der Waals surface area contributed by atoms with Crippen LogP contribution < -0.4 is 10.2 Å². The number of nitrogens with zero attached hydrogens (tertiary/aromatic N) is 1. The van der Waals surface area contributed by atoms with E-state index in [-0.39, 0.29) is 11.5 Å². The van der Waals surface area contributed by atoms with Gasteiger partial charge in [0.1, 0.15) is 0 Å². The van der Waals surface area contributed by atoms with E-state index in [0.29, 0.717) is 28.5 Å². The smallest absolute Gasteiger partial charge is 0.337 e. The van der Waals surface area contributed by atoms with E-state index in [1.807, 2.05) is 17.5 Å². The van der Waals surface area contributed by atoms with Gasteiger partial charge in [-0.1, -0.05) is 43.1 Å². The van der Waals surface area contributed by atoms with Gasteiger partial charge < -0.3 is 15.3 Å². The van der Waals surface area contributed by atoms with Gasteiger partial charge in [0.15, 0.2) is 0 Å². The number of amides is 1. The maximum atomic E-state index is 12.5. The van der Waals surface area contributed by atoms with Gasteiger partial charge in [-0.25, -0.2) is 4.79 Å². The molecule has 156 valence electrons. The number of unbranched alkanes of at least 4 members (excludes halogenated alkanes) is 1. The van der Waals surface area contributed by atoms with Crippen LogP contribution in [0.4, 0.5) is 11.4 Å². The molecule has 0 atom stereocenters. The predicted octanol–water partition coefficient (Wildman–Crippen LogP) is 6.16. The molecular formula is C23H23ClN2O3S. The van der Waals surface area contributed by atoms with Crippen LogP contribution in [0.2, 0.25) is 5.02 Å². The van der Waals surface area contributed by atoms with Crippen LogP contribution in [-0.2, 0) is 6.54 Å². The maximum absolute atomic E-state index is 12.5. The first-order valence-electron chi connectivity index (χ1n) is 9.70. The van der Waals surface area contributed by atoms with Crippen molar-refractivity contribution >= 4 is 46.2 Å². The van der Waals surface area contributed by atoms with Crippen molar-refractivity contribution in [3.8, 4) is 0 Å². The normalized spacial score (nSPS) is 10.6. The molecule has 1 aromatic heterocycles. The predicted molar refractivity (Wildman–Crippen MR) is 123 cm³/mol. The summed E-state index contributed by atoms with van der Waals surface area (Å²) in [5.41, 5.74) is 1.54. The average Bonchev–Trinajstić information content (AvgIpc) is 3.24. The number of carbonyl (C=O) groups excluding carboxylic acids is 1. The summed E-state index contributed by atoms with van der Waals surface area (Å²) in [5.74, 6) is -1.42. The number of carboxylic acid groups (broad SMARTS) is 1. The van der Waals surface area contributed by atoms with E-state index in [2.05, 4.69) is 17.1 Å². The molecule has 1 amide bonds. The van der Waals surface area contributed by atoms with Gasteiger partial charge in [-0.15, -0.1) is 11.3 Å². The fraction of sp³-hybridized carbons (Fsp3) is 0.217. The highest BCUT2D eigenvalue weighted by atomic mass is 35.5. The number of rotatable bonds is 9. The van der Waals surface area contributed by atoms with Crippen molar-refractivity contribution in [1.29, 1.82) is 0 Å². The molecule has 2 aromatic carbocycles. The van der Waals surface area contributed by atoms with E-state index in [9.17, 15) is 14.7 Å². The van der Waals surface area contributed by atoms with Crippen LogP contribution in [0.3, 0.4) is 0 Å². The van der Waals surface area contributed by atoms with E-state index < -0.39 is 5.97 Å². The Hall–Kier alpha value is -2.83. The molecule has 0 saturated heterocycles. The highest BCUT2D eigenvalue weighted by Gasteiger charge is 2.19. The summed E-state index contributed by atoms with van der Waals surface area (Å²) in [7, 11) is 0. The number of nitrogens with one attached hydrogen (secondary N) is 1. The van der Waals surface area contributed by atoms with Gasteiger partial charge in [0.05, 0.1) is 28.4 Å². The number of aromatic carboxylic acids is 1. The largest absolute Gasteiger partial charge is 0.478 e. The summed E-state index contributed by atoms with van der Waals surface area (Å²) in [4.78, 5) is 27.8. The summed E-state index contributed by atoms with van der Waals surface area (Å²) < 4.78 is 0. The quantitative estimate of drug-likeness (QED) is 0.416. The van der Waals surface area contributed by atoms with Crippen molar-refractivity contribution in [2.75, 3.05) is 16.8 Å². The zero-order valence-corrected chi connectivity index (χ0v) is 18.2. The second kappa shape index (κ2) is 10.3. The molecule has 3 aromatic rings. The molecule has 0 aliphatic carbocycles. The highest BCUT2D eigenvalue weighted by molar-refractivity contribution is 7.09. The van der Waals surface area contributed by atoms with Gasteiger partial charge in [0, 0.05) is 17.1 Å². The van der Waals surface area contributed by atoms with Gasteiger partial charge in [0.25, 0.3) is 5.91 Å². The number of anilines is 2. The molecule has 0 fully saturated rings. The zero-order valence-electron chi connectivity index (χ0n) is 16.6. The van der Waals surface area contributed by atoms with Crippen LogP contribution in [0, 0.1) is 0 Å². The minimum absolute atomic E-state index is 0.152. The molecule has 7 heteroatoms. The minimum atomic E-state index is -1.04. The topological polar surface area (TPSA) is 69.6 Å². The third-order valence-corrected chi connectivity index (χ3v) is 5.84. The van der Waals surface area contributed by atoms with Crippen LogP contribution >= 0.6 is 22.9 Å². The molecule has 5 nitrogen and oxygen atoms in total. The number of halogens is 1. The molecule has 1 heterocycles. The summed E-state index contributed by atoms with van der Waals surface area (Å²) in [6, 6.07) is 15.7. The molecule has 0 spiro atoms. The molecule has 0 radical (unpaired) electrons. The third-order valence-electron chi connectivity index (χ3n) is 4.65. The monoisotopic (exact) mass is 442 g/mol. The molecule has 30 heavy (non-hydrogen) atoms. The number of carboxylic acids is 1. The van der Waals surface area contributed by atoms with Gasteiger partial charge in [0.2, 0.25) is 0 Å². The molecule has 0 bridgehead atoms. The van der Waals surface area contributed by atoms with Gasteiger partial charge in [-0.05, 0) is 48.2 Å². The molecule has 2 N–H and O–H groups in total. The Morgan fingerprint density at radius 2 is 1.90 bits per heavy atom. The van der Waals surface area contributed by atoms with Crippen molar-refractivity contribution in [1.82, 2.24) is 0 Å². The van der Waals surface area contributed by atoms with E-state index in [1.54, 1.807) is 47.7 Å². The number of carbonyl (C=O) groups is 2. The Labute approximate surface area is 184 Å². The van der Waals surface area contributed by atoms with E-state index >= 15 is 0 Å². The molecule has 0 saturated carbocycles. The Bertz CT molecular complexity index is 1020. The van der Waals surface area contributed by atoms with Crippen molar-refractivity contribution in [2.24, 2.45) is 0 Å². The third kappa shape index (κ3) is 5.40. The van der Waals surface area contributed by atoms with Crippen molar-refractivity contribution in [3.05, 3.63) is 81.0 Å². The Kier molecular flexibility index (Phi) is 7.49. The lowest BCUT2D eigenvalue weighted by atomic mass is 10.1. The molecule has 0 aliphatic rings. The number of benzene rings is 2. The Morgan fingerprint density at radius 1 is 1.10 bits per heavy atom. The fourth-order valence-corrected chi connectivity index (χ4v) is 4.07. The standard InChI is InChI=1S/C23H23ClN2O3S/c1-2-3-12-26(15-17-7-6-13-30-17)21-11-10-16(14-19(21)23(28)29)25-22(27)18-8-4-5-9-20(18)24/h4-11,13-14H,2-3,12,15H2,1H3,(H,25,27)(H,28,29). The van der Waals surface area contributed by atoms with Gasteiger partial charge in [-0.2, -0.15) is 0 Å². The second-order valence-electron chi connectivity index (χ2n) is 6.83. The number of hydrogen-bond acceptors (Lipinski definition) is 4. The lowest BCUT2D eigenvalue weighted by Crippen LogP contribution is -2.25. The molecule has 0 aliphatic heterocycles. The van der Waals surface area contributed by atoms with E-state index in [4.69, 9.17) is 11.6 Å². The van der Waals surface area contributed by atoms with Crippen LogP contribution in [0.1, 0.15) is 45.4 Å². The van der Waals surface area contributed by atoms with Crippen LogP contribution in [0.5, 0.6) is 0 Å². The number of thiophene rings is 1. The molecule has 0 unspecified atom stereocenters. The van der Waals surface area contributed by atoms with E-state index in [1.165, 1.54) is 10.9 Å². The first kappa shape index (κ1) is 21.9. The first-order chi connectivity index (χ1) is 14.5. The maximum Gasteiger partial charge on any atom is 0.337 e. The van der Waals surface area contributed by atoms with Crippen LogP contribution in [0.15, 0.2) is 60.0 Å². The summed E-state index contributed by atoms with van der Waals surface area (Å²) in [6.07, 6.45) is 1.96. The lowest BCUT2D eigenvalue weighted by molar-refractivity contribution is 0.0697. The number of hydrogen-bond donors (Lipinski definition) is 2. The van der Waals surface area contributed by atoms with Gasteiger partial charge >= 0.3 is 5.97 Å². The zero-order chi connectivity index (χ0) is 21.5. The summed E-state index contributed by atoms with van der Waals surface area (Å²) in [6.45, 7) is 3.50. The van der Waals surface area contributed by atoms with Crippen molar-refractivity contribution < 1.29 is 14.7 Å². The minimum Gasteiger partial charge on any atom is -0.478 e. The molecule has 3 rings (SSSR count). The highest BCUT2D eigenvalue weighted by Crippen LogP contribution is 2.28. The summed E-state index contributed by atoms with van der Waals surface area (Å²) >= 11 is 7.73. The SMILES string of the molecule is CCCCN(Cc1cccs1)c1ccc(NC(=O)c2ccccc2Cl)cc1C(=O)O. The Balaban J connectivity index is 1.88. The average molecular weight is 443 g/mol. The lowest BCUT2D eigenvalue weighted by Gasteiger charge is -2.26. The van der Waals surface area contributed by atoms with Crippen LogP contribution in [-0.4, -0.2) is 23.5 Å². The van der Waals surface area contributed by atoms with Crippen LogP contribution in [0.25, 0.3) is 0 Å². The van der Waals surface area contributed by atoms with Gasteiger partial charge in [-0.3, -0.25) is 4.79 Å². The molecular weight excluding hydrogens is 420 g/mol. The van der Waals surface area contributed by atoms with Crippen molar-refractivity contribution in [2.45, 2.75) is 26.3 Å². The fourth-order valence-electron chi connectivity index (χ4n) is 3.13. The first-order valence-corrected chi connectivity index (χ1v) is 11.0. The van der Waals surface area contributed by atoms with E-state index in [0.717, 1.165) is 19.4 Å². The van der Waals surface area contributed by atoms with Crippen molar-refractivity contribution in [3.63, 3.8) is 0 Å². The summed E-state index contributed by atoms with van der Waals surface area (Å²) in [5, 5.41) is 14.9. The second-order valence-corrected chi connectivity index (χ2v) is 8.26.